The Bertz CT molecular complexity index is 543. The highest BCUT2D eigenvalue weighted by molar-refractivity contribution is 5.54. The van der Waals surface area contributed by atoms with Crippen LogP contribution < -0.4 is 4.90 Å². The van der Waals surface area contributed by atoms with Crippen LogP contribution in [0.4, 0.5) is 10.1 Å². The van der Waals surface area contributed by atoms with Crippen molar-refractivity contribution in [1.82, 2.24) is 4.98 Å². The van der Waals surface area contributed by atoms with Gasteiger partial charge in [-0.05, 0) is 36.8 Å². The summed E-state index contributed by atoms with van der Waals surface area (Å²) in [6.07, 6.45) is 2.62. The standard InChI is InChI=1S/C15H17FN2O/c1-11(19)15-13(16)4-3-5-14(15)18(2)10-12-6-8-17-9-7-12/h3-9,11,19H,10H2,1-2H3/t11-/m1/s1. The summed E-state index contributed by atoms with van der Waals surface area (Å²) >= 11 is 0. The van der Waals surface area contributed by atoms with Crippen molar-refractivity contribution in [2.75, 3.05) is 11.9 Å². The van der Waals surface area contributed by atoms with Crippen molar-refractivity contribution in [2.24, 2.45) is 0 Å². The zero-order valence-corrected chi connectivity index (χ0v) is 11.0. The molecule has 0 radical (unpaired) electrons. The Balaban J connectivity index is 2.29. The monoisotopic (exact) mass is 260 g/mol. The SMILES string of the molecule is C[C@@H](O)c1c(F)cccc1N(C)Cc1ccncc1. The number of hydrogen-bond donors (Lipinski definition) is 1. The molecule has 100 valence electrons. The molecule has 1 aromatic carbocycles. The molecule has 19 heavy (non-hydrogen) atoms. The summed E-state index contributed by atoms with van der Waals surface area (Å²) in [6, 6.07) is 8.66. The minimum absolute atomic E-state index is 0.332. The van der Waals surface area contributed by atoms with E-state index in [9.17, 15) is 9.50 Å². The molecular weight excluding hydrogens is 243 g/mol. The highest BCUT2D eigenvalue weighted by Gasteiger charge is 2.16. The molecule has 0 aliphatic rings. The van der Waals surface area contributed by atoms with Gasteiger partial charge in [-0.15, -0.1) is 0 Å². The third kappa shape index (κ3) is 3.09. The summed E-state index contributed by atoms with van der Waals surface area (Å²) < 4.78 is 13.8. The summed E-state index contributed by atoms with van der Waals surface area (Å²) in [5.41, 5.74) is 2.11. The lowest BCUT2D eigenvalue weighted by molar-refractivity contribution is 0.194. The Hall–Kier alpha value is -1.94. The Morgan fingerprint density at radius 2 is 1.95 bits per heavy atom. The van der Waals surface area contributed by atoms with E-state index in [1.165, 1.54) is 6.07 Å². The molecule has 0 saturated heterocycles. The fourth-order valence-corrected chi connectivity index (χ4v) is 2.12. The molecule has 3 nitrogen and oxygen atoms in total. The van der Waals surface area contributed by atoms with Crippen molar-refractivity contribution in [3.8, 4) is 0 Å². The number of aliphatic hydroxyl groups is 1. The van der Waals surface area contributed by atoms with Gasteiger partial charge in [0.2, 0.25) is 0 Å². The van der Waals surface area contributed by atoms with Crippen molar-refractivity contribution in [1.29, 1.82) is 0 Å². The maximum atomic E-state index is 13.8. The molecule has 0 unspecified atom stereocenters. The Kier molecular flexibility index (Phi) is 4.12. The van der Waals surface area contributed by atoms with Crippen LogP contribution in [0.25, 0.3) is 0 Å². The predicted molar refractivity (Wildman–Crippen MR) is 73.4 cm³/mol. The van der Waals surface area contributed by atoms with Crippen LogP contribution in [0.5, 0.6) is 0 Å². The maximum Gasteiger partial charge on any atom is 0.131 e. The molecule has 1 N–H and O–H groups in total. The second kappa shape index (κ2) is 5.80. The first-order valence-corrected chi connectivity index (χ1v) is 6.16. The van der Waals surface area contributed by atoms with Gasteiger partial charge in [-0.3, -0.25) is 4.98 Å². The van der Waals surface area contributed by atoms with Crippen LogP contribution in [0, 0.1) is 5.82 Å². The van der Waals surface area contributed by atoms with Crippen LogP contribution in [0.2, 0.25) is 0 Å². The van der Waals surface area contributed by atoms with Crippen molar-refractivity contribution >= 4 is 5.69 Å². The molecule has 0 amide bonds. The number of pyridine rings is 1. The van der Waals surface area contributed by atoms with Gasteiger partial charge in [0, 0.05) is 37.2 Å². The van der Waals surface area contributed by atoms with Gasteiger partial charge in [0.15, 0.2) is 0 Å². The van der Waals surface area contributed by atoms with Gasteiger partial charge in [-0.2, -0.15) is 0 Å². The van der Waals surface area contributed by atoms with E-state index in [-0.39, 0.29) is 5.82 Å². The molecule has 1 aromatic heterocycles. The molecule has 2 aromatic rings. The van der Waals surface area contributed by atoms with Gasteiger partial charge in [0.05, 0.1) is 6.10 Å². The molecule has 2 rings (SSSR count). The number of halogens is 1. The molecule has 0 fully saturated rings. The highest BCUT2D eigenvalue weighted by atomic mass is 19.1. The largest absolute Gasteiger partial charge is 0.389 e. The molecule has 0 aliphatic heterocycles. The van der Waals surface area contributed by atoms with E-state index in [1.807, 2.05) is 30.1 Å². The number of benzene rings is 1. The van der Waals surface area contributed by atoms with Crippen LogP contribution in [-0.2, 0) is 6.54 Å². The molecule has 4 heteroatoms. The van der Waals surface area contributed by atoms with Crippen molar-refractivity contribution in [3.05, 3.63) is 59.7 Å². The summed E-state index contributed by atoms with van der Waals surface area (Å²) in [6.45, 7) is 2.20. The number of hydrogen-bond acceptors (Lipinski definition) is 3. The van der Waals surface area contributed by atoms with E-state index < -0.39 is 6.10 Å². The van der Waals surface area contributed by atoms with Crippen molar-refractivity contribution in [2.45, 2.75) is 19.6 Å². The average Bonchev–Trinajstić information content (AvgIpc) is 2.39. The van der Waals surface area contributed by atoms with Crippen LogP contribution >= 0.6 is 0 Å². The summed E-state index contributed by atoms with van der Waals surface area (Å²) in [5, 5.41) is 9.72. The van der Waals surface area contributed by atoms with Crippen molar-refractivity contribution < 1.29 is 9.50 Å². The molecule has 0 aliphatic carbocycles. The van der Waals surface area contributed by atoms with E-state index in [1.54, 1.807) is 25.4 Å². The zero-order chi connectivity index (χ0) is 13.8. The van der Waals surface area contributed by atoms with E-state index in [4.69, 9.17) is 0 Å². The smallest absolute Gasteiger partial charge is 0.131 e. The average molecular weight is 260 g/mol. The third-order valence-electron chi connectivity index (χ3n) is 3.03. The van der Waals surface area contributed by atoms with Gasteiger partial charge < -0.3 is 10.0 Å². The summed E-state index contributed by atoms with van der Waals surface area (Å²) in [7, 11) is 1.88. The van der Waals surface area contributed by atoms with Crippen LogP contribution in [0.1, 0.15) is 24.2 Å². The molecule has 1 heterocycles. The minimum atomic E-state index is -0.837. The Morgan fingerprint density at radius 1 is 1.26 bits per heavy atom. The van der Waals surface area contributed by atoms with Crippen molar-refractivity contribution in [3.63, 3.8) is 0 Å². The Labute approximate surface area is 112 Å². The van der Waals surface area contributed by atoms with Crippen LogP contribution in [0.3, 0.4) is 0 Å². The van der Waals surface area contributed by atoms with E-state index in [0.717, 1.165) is 5.56 Å². The number of nitrogens with zero attached hydrogens (tertiary/aromatic N) is 2. The summed E-state index contributed by atoms with van der Waals surface area (Å²) in [5.74, 6) is -0.380. The lowest BCUT2D eigenvalue weighted by Crippen LogP contribution is -2.19. The van der Waals surface area contributed by atoms with E-state index >= 15 is 0 Å². The van der Waals surface area contributed by atoms with Gasteiger partial charge >= 0.3 is 0 Å². The molecule has 0 spiro atoms. The van der Waals surface area contributed by atoms with Crippen LogP contribution in [-0.4, -0.2) is 17.1 Å². The normalized spacial score (nSPS) is 12.2. The first-order chi connectivity index (χ1) is 9.09. The van der Waals surface area contributed by atoms with Gasteiger partial charge in [-0.25, -0.2) is 4.39 Å². The third-order valence-corrected chi connectivity index (χ3v) is 3.03. The van der Waals surface area contributed by atoms with E-state index in [0.29, 0.717) is 17.8 Å². The van der Waals surface area contributed by atoms with Crippen LogP contribution in [0.15, 0.2) is 42.7 Å². The lowest BCUT2D eigenvalue weighted by atomic mass is 10.1. The predicted octanol–water partition coefficient (Wildman–Crippen LogP) is 2.91. The topological polar surface area (TPSA) is 36.4 Å². The fourth-order valence-electron chi connectivity index (χ4n) is 2.12. The Morgan fingerprint density at radius 3 is 2.58 bits per heavy atom. The summed E-state index contributed by atoms with van der Waals surface area (Å²) in [4.78, 5) is 5.88. The first-order valence-electron chi connectivity index (χ1n) is 6.16. The highest BCUT2D eigenvalue weighted by Crippen LogP contribution is 2.29. The maximum absolute atomic E-state index is 13.8. The molecule has 0 saturated carbocycles. The number of rotatable bonds is 4. The number of anilines is 1. The minimum Gasteiger partial charge on any atom is -0.389 e. The lowest BCUT2D eigenvalue weighted by Gasteiger charge is -2.24. The quantitative estimate of drug-likeness (QED) is 0.918. The number of aromatic nitrogens is 1. The molecular formula is C15H17FN2O. The van der Waals surface area contributed by atoms with Gasteiger partial charge in [0.1, 0.15) is 5.82 Å². The first kappa shape index (κ1) is 13.5. The number of aliphatic hydroxyl groups excluding tert-OH is 1. The zero-order valence-electron chi connectivity index (χ0n) is 11.0. The molecule has 0 bridgehead atoms. The second-order valence-electron chi connectivity index (χ2n) is 4.56. The molecule has 1 atom stereocenters. The van der Waals surface area contributed by atoms with E-state index in [2.05, 4.69) is 4.98 Å². The second-order valence-corrected chi connectivity index (χ2v) is 4.56. The fraction of sp³-hybridized carbons (Fsp3) is 0.267. The van der Waals surface area contributed by atoms with Gasteiger partial charge in [0.25, 0.3) is 0 Å². The van der Waals surface area contributed by atoms with Gasteiger partial charge in [-0.1, -0.05) is 6.07 Å².